The summed E-state index contributed by atoms with van der Waals surface area (Å²) >= 11 is 11.1. The number of anilines is 1. The van der Waals surface area contributed by atoms with E-state index in [9.17, 15) is 22.4 Å². The number of hydrogen-bond acceptors (Lipinski definition) is 1. The summed E-state index contributed by atoms with van der Waals surface area (Å²) in [5.74, 6) is -6.86. The molecule has 0 spiro atoms. The van der Waals surface area contributed by atoms with Crippen LogP contribution in [-0.4, -0.2) is 18.3 Å². The van der Waals surface area contributed by atoms with Crippen LogP contribution in [0.15, 0.2) is 18.2 Å². The molecule has 1 N–H and O–H groups in total. The molecule has 8 heteroatoms. The molecular formula is C9H5Cl2F4NO. The Bertz CT molecular complexity index is 439. The first-order valence-corrected chi connectivity index (χ1v) is 4.93. The summed E-state index contributed by atoms with van der Waals surface area (Å²) in [6, 6.07) is 3.47. The lowest BCUT2D eigenvalue weighted by Crippen LogP contribution is -2.40. The van der Waals surface area contributed by atoms with Crippen molar-refractivity contribution in [2.24, 2.45) is 0 Å². The van der Waals surface area contributed by atoms with Crippen LogP contribution in [0.4, 0.5) is 23.2 Å². The number of carbonyl (C=O) groups excluding carboxylic acids is 1. The van der Waals surface area contributed by atoms with Gasteiger partial charge in [-0.3, -0.25) is 4.79 Å². The molecule has 1 aromatic rings. The molecule has 0 saturated heterocycles. The fourth-order valence-corrected chi connectivity index (χ4v) is 1.19. The average molecular weight is 290 g/mol. The zero-order valence-electron chi connectivity index (χ0n) is 7.99. The molecule has 1 aromatic carbocycles. The number of nitrogens with one attached hydrogen (secondary N) is 1. The maximum Gasteiger partial charge on any atom is 0.383 e. The highest BCUT2D eigenvalue weighted by molar-refractivity contribution is 6.42. The van der Waals surface area contributed by atoms with Crippen LogP contribution in [0.3, 0.4) is 0 Å². The molecule has 1 amide bonds. The predicted octanol–water partition coefficient (Wildman–Crippen LogP) is 3.83. The van der Waals surface area contributed by atoms with E-state index in [1.165, 1.54) is 6.07 Å². The van der Waals surface area contributed by atoms with Gasteiger partial charge in [0.05, 0.1) is 10.0 Å². The monoisotopic (exact) mass is 289 g/mol. The first kappa shape index (κ1) is 14.1. The van der Waals surface area contributed by atoms with Gasteiger partial charge in [0.25, 0.3) is 0 Å². The van der Waals surface area contributed by atoms with E-state index in [4.69, 9.17) is 23.2 Å². The van der Waals surface area contributed by atoms with Gasteiger partial charge < -0.3 is 5.32 Å². The Hall–Kier alpha value is -1.01. The molecule has 0 bridgehead atoms. The molecule has 0 unspecified atom stereocenters. The van der Waals surface area contributed by atoms with Crippen molar-refractivity contribution in [3.8, 4) is 0 Å². The number of carbonyl (C=O) groups is 1. The van der Waals surface area contributed by atoms with Crippen LogP contribution in [0.1, 0.15) is 0 Å². The zero-order valence-corrected chi connectivity index (χ0v) is 9.50. The highest BCUT2D eigenvalue weighted by Crippen LogP contribution is 2.28. The number of amides is 1. The lowest BCUT2D eigenvalue weighted by Gasteiger charge is -2.14. The van der Waals surface area contributed by atoms with Gasteiger partial charge in [-0.1, -0.05) is 23.2 Å². The Labute approximate surface area is 104 Å². The van der Waals surface area contributed by atoms with Crippen molar-refractivity contribution < 1.29 is 22.4 Å². The minimum absolute atomic E-state index is 0.00447. The minimum atomic E-state index is -4.76. The van der Waals surface area contributed by atoms with E-state index in [0.717, 1.165) is 12.1 Å². The molecular weight excluding hydrogens is 285 g/mol. The van der Waals surface area contributed by atoms with Crippen molar-refractivity contribution in [3.63, 3.8) is 0 Å². The van der Waals surface area contributed by atoms with Crippen molar-refractivity contribution in [1.82, 2.24) is 0 Å². The van der Waals surface area contributed by atoms with Gasteiger partial charge in [-0.2, -0.15) is 8.78 Å². The molecule has 0 radical (unpaired) electrons. The Morgan fingerprint density at radius 1 is 1.24 bits per heavy atom. The SMILES string of the molecule is O=C(Nc1ccc(Cl)c(Cl)c1)C(F)(F)C(F)F. The number of halogens is 6. The minimum Gasteiger partial charge on any atom is -0.321 e. The van der Waals surface area contributed by atoms with Gasteiger partial charge in [0.1, 0.15) is 0 Å². The molecule has 0 heterocycles. The molecule has 1 rings (SSSR count). The average Bonchev–Trinajstić information content (AvgIpc) is 2.23. The van der Waals surface area contributed by atoms with Gasteiger partial charge in [-0.25, -0.2) is 8.78 Å². The number of hydrogen-bond donors (Lipinski definition) is 1. The fraction of sp³-hybridized carbons (Fsp3) is 0.222. The zero-order chi connectivity index (χ0) is 13.2. The Balaban J connectivity index is 2.85. The smallest absolute Gasteiger partial charge is 0.321 e. The van der Waals surface area contributed by atoms with Gasteiger partial charge in [0, 0.05) is 5.69 Å². The van der Waals surface area contributed by atoms with Crippen LogP contribution < -0.4 is 5.32 Å². The van der Waals surface area contributed by atoms with Crippen LogP contribution in [-0.2, 0) is 4.79 Å². The summed E-state index contributed by atoms with van der Waals surface area (Å²) in [7, 11) is 0. The van der Waals surface area contributed by atoms with Crippen molar-refractivity contribution >= 4 is 34.8 Å². The molecule has 0 aliphatic carbocycles. The van der Waals surface area contributed by atoms with Crippen LogP contribution in [0, 0.1) is 0 Å². The lowest BCUT2D eigenvalue weighted by molar-refractivity contribution is -0.163. The second-order valence-corrected chi connectivity index (χ2v) is 3.82. The fourth-order valence-electron chi connectivity index (χ4n) is 0.887. The standard InChI is InChI=1S/C9H5Cl2F4NO/c10-5-2-1-4(3-6(5)11)16-8(17)9(14,15)7(12)13/h1-3,7H,(H,16,17). The maximum atomic E-state index is 12.6. The van der Waals surface area contributed by atoms with Crippen molar-refractivity contribution in [2.45, 2.75) is 12.3 Å². The van der Waals surface area contributed by atoms with Gasteiger partial charge >= 0.3 is 18.3 Å². The third kappa shape index (κ3) is 3.23. The quantitative estimate of drug-likeness (QED) is 0.842. The molecule has 0 aliphatic rings. The van der Waals surface area contributed by atoms with Crippen LogP contribution in [0.2, 0.25) is 10.0 Å². The summed E-state index contributed by atoms with van der Waals surface area (Å²) < 4.78 is 48.9. The molecule has 17 heavy (non-hydrogen) atoms. The largest absolute Gasteiger partial charge is 0.383 e. The topological polar surface area (TPSA) is 29.1 Å². The van der Waals surface area contributed by atoms with E-state index in [1.54, 1.807) is 5.32 Å². The van der Waals surface area contributed by atoms with Gasteiger partial charge in [0.2, 0.25) is 0 Å². The van der Waals surface area contributed by atoms with Crippen LogP contribution in [0.5, 0.6) is 0 Å². The number of rotatable bonds is 3. The Morgan fingerprint density at radius 3 is 2.29 bits per heavy atom. The molecule has 2 nitrogen and oxygen atoms in total. The van der Waals surface area contributed by atoms with Crippen molar-refractivity contribution in [2.75, 3.05) is 5.32 Å². The summed E-state index contributed by atoms with van der Waals surface area (Å²) in [6.45, 7) is 0. The van der Waals surface area contributed by atoms with Gasteiger partial charge in [-0.05, 0) is 18.2 Å². The van der Waals surface area contributed by atoms with Gasteiger partial charge in [0.15, 0.2) is 0 Å². The normalized spacial score (nSPS) is 11.7. The van der Waals surface area contributed by atoms with E-state index in [-0.39, 0.29) is 15.7 Å². The van der Waals surface area contributed by atoms with E-state index >= 15 is 0 Å². The van der Waals surface area contributed by atoms with Gasteiger partial charge in [-0.15, -0.1) is 0 Å². The highest BCUT2D eigenvalue weighted by Gasteiger charge is 2.48. The summed E-state index contributed by atoms with van der Waals surface area (Å²) in [5, 5.41) is 1.77. The summed E-state index contributed by atoms with van der Waals surface area (Å²) in [4.78, 5) is 10.9. The van der Waals surface area contributed by atoms with Crippen molar-refractivity contribution in [1.29, 1.82) is 0 Å². The van der Waals surface area contributed by atoms with Crippen LogP contribution >= 0.6 is 23.2 Å². The van der Waals surface area contributed by atoms with E-state index < -0.39 is 18.3 Å². The lowest BCUT2D eigenvalue weighted by atomic mass is 10.2. The highest BCUT2D eigenvalue weighted by atomic mass is 35.5. The molecule has 94 valence electrons. The van der Waals surface area contributed by atoms with E-state index in [1.807, 2.05) is 0 Å². The molecule has 0 aromatic heterocycles. The Kier molecular flexibility index (Phi) is 4.21. The first-order chi connectivity index (χ1) is 7.75. The maximum absolute atomic E-state index is 12.6. The summed E-state index contributed by atoms with van der Waals surface area (Å²) in [5.41, 5.74) is -0.148. The predicted molar refractivity (Wildman–Crippen MR) is 56.0 cm³/mol. The number of benzene rings is 1. The first-order valence-electron chi connectivity index (χ1n) is 4.17. The second-order valence-electron chi connectivity index (χ2n) is 3.01. The third-order valence-electron chi connectivity index (χ3n) is 1.75. The molecule has 0 atom stereocenters. The molecule has 0 fully saturated rings. The number of alkyl halides is 4. The Morgan fingerprint density at radius 2 is 1.82 bits per heavy atom. The third-order valence-corrected chi connectivity index (χ3v) is 2.49. The molecule has 0 saturated carbocycles. The molecule has 0 aliphatic heterocycles. The van der Waals surface area contributed by atoms with Crippen LogP contribution in [0.25, 0.3) is 0 Å². The van der Waals surface area contributed by atoms with Crippen molar-refractivity contribution in [3.05, 3.63) is 28.2 Å². The summed E-state index contributed by atoms with van der Waals surface area (Å²) in [6.07, 6.45) is -4.08. The second kappa shape index (κ2) is 5.10. The van der Waals surface area contributed by atoms with E-state index in [0.29, 0.717) is 0 Å². The van der Waals surface area contributed by atoms with E-state index in [2.05, 4.69) is 0 Å².